The number of aromatic amines is 1. The number of amides is 2. The van der Waals surface area contributed by atoms with Gasteiger partial charge in [0.15, 0.2) is 0 Å². The van der Waals surface area contributed by atoms with Crippen LogP contribution in [0.5, 0.6) is 0 Å². The Kier molecular flexibility index (Phi) is 7.37. The van der Waals surface area contributed by atoms with Gasteiger partial charge in [-0.2, -0.15) is 0 Å². The number of benzene rings is 1. The minimum atomic E-state index is -1.38. The molecule has 22 heavy (non-hydrogen) atoms. The van der Waals surface area contributed by atoms with Crippen LogP contribution in [0.1, 0.15) is 5.56 Å². The number of para-hydroxylation sites is 1. The van der Waals surface area contributed by atoms with Crippen molar-refractivity contribution in [2.75, 3.05) is 6.54 Å². The fourth-order valence-corrected chi connectivity index (χ4v) is 2.09. The number of aliphatic carboxylic acids is 1. The molecule has 1 heterocycles. The fourth-order valence-electron chi connectivity index (χ4n) is 2.09. The number of hydrogen-bond acceptors (Lipinski definition) is 4. The molecule has 110 valence electrons. The number of carbonyl (C=O) groups excluding carboxylic acids is 3. The second kappa shape index (κ2) is 8.77. The summed E-state index contributed by atoms with van der Waals surface area (Å²) in [6, 6.07) is 6.29. The van der Waals surface area contributed by atoms with Crippen LogP contribution < -0.4 is 15.7 Å². The van der Waals surface area contributed by atoms with E-state index in [1.807, 2.05) is 24.3 Å². The Bertz CT molecular complexity index is 671. The molecule has 3 N–H and O–H groups in total. The summed E-state index contributed by atoms with van der Waals surface area (Å²) in [7, 11) is 0. The maximum atomic E-state index is 11.5. The van der Waals surface area contributed by atoms with Crippen molar-refractivity contribution in [3.05, 3.63) is 36.0 Å². The molecule has 0 radical (unpaired) electrons. The van der Waals surface area contributed by atoms with Gasteiger partial charge in [0.1, 0.15) is 0 Å². The first-order valence-corrected chi connectivity index (χ1v) is 6.34. The van der Waals surface area contributed by atoms with Crippen LogP contribution in [0.2, 0.25) is 0 Å². The summed E-state index contributed by atoms with van der Waals surface area (Å²) >= 11 is 0. The molecule has 1 aromatic carbocycles. The quantitative estimate of drug-likeness (QED) is 0.416. The number of nitrogens with one attached hydrogen (secondary N) is 3. The summed E-state index contributed by atoms with van der Waals surface area (Å²) in [5.41, 5.74) is 1.65. The maximum absolute atomic E-state index is 11.5. The van der Waals surface area contributed by atoms with Gasteiger partial charge in [0, 0.05) is 23.5 Å². The van der Waals surface area contributed by atoms with E-state index in [1.54, 1.807) is 6.20 Å². The number of carbonyl (C=O) groups is 3. The molecule has 2 aromatic rings. The molecular formula is C14H14CaN3O4+. The number of carboxylic acid groups (broad SMARTS) is 1. The number of rotatable bonds is 7. The van der Waals surface area contributed by atoms with Gasteiger partial charge in [-0.3, -0.25) is 9.59 Å². The molecule has 0 bridgehead atoms. The van der Waals surface area contributed by atoms with E-state index < -0.39 is 17.9 Å². The Balaban J connectivity index is 0.00000242. The third-order valence-corrected chi connectivity index (χ3v) is 3.06. The smallest absolute Gasteiger partial charge is 0.548 e. The van der Waals surface area contributed by atoms with E-state index in [-0.39, 0.29) is 50.7 Å². The summed E-state index contributed by atoms with van der Waals surface area (Å²) in [5.74, 6) is -1.96. The largest absolute Gasteiger partial charge is 2.00 e. The summed E-state index contributed by atoms with van der Waals surface area (Å²) in [6.45, 7) is -0.277. The van der Waals surface area contributed by atoms with E-state index in [2.05, 4.69) is 15.6 Å². The van der Waals surface area contributed by atoms with Crippen molar-refractivity contribution in [3.63, 3.8) is 0 Å². The molecule has 0 saturated carbocycles. The molecule has 0 aliphatic heterocycles. The number of fused-ring (bicyclic) bond motifs is 1. The Morgan fingerprint density at radius 2 is 2.05 bits per heavy atom. The zero-order valence-corrected chi connectivity index (χ0v) is 14.0. The Morgan fingerprint density at radius 3 is 2.73 bits per heavy atom. The Morgan fingerprint density at radius 1 is 1.32 bits per heavy atom. The SMILES string of the molecule is O=CNCC(=O)N[C@@H](Cc1c[nH]c2ccccc12)C(=O)[O-].[Ca+2]. The van der Waals surface area contributed by atoms with Gasteiger partial charge in [-0.25, -0.2) is 0 Å². The van der Waals surface area contributed by atoms with E-state index in [0.717, 1.165) is 16.5 Å². The van der Waals surface area contributed by atoms with Gasteiger partial charge >= 0.3 is 37.7 Å². The van der Waals surface area contributed by atoms with Crippen LogP contribution in [0.4, 0.5) is 0 Å². The van der Waals surface area contributed by atoms with E-state index in [4.69, 9.17) is 0 Å². The van der Waals surface area contributed by atoms with Crippen LogP contribution in [-0.2, 0) is 20.8 Å². The predicted molar refractivity (Wildman–Crippen MR) is 78.8 cm³/mol. The van der Waals surface area contributed by atoms with E-state index in [1.165, 1.54) is 0 Å². The normalized spacial score (nSPS) is 11.3. The molecule has 8 heteroatoms. The standard InChI is InChI=1S/C14H15N3O4.Ca/c18-8-15-7-13(19)17-12(14(20)21)5-9-6-16-11-4-2-1-3-10(9)11;/h1-4,6,8,12,16H,5,7H2,(H,15,18)(H,17,19)(H,20,21);/q;+2/p-1/t12-;/m0./s1. The Labute approximate surface area is 156 Å². The molecule has 0 aliphatic carbocycles. The molecule has 2 amide bonds. The first-order chi connectivity index (χ1) is 10.1. The van der Waals surface area contributed by atoms with Crippen molar-refractivity contribution in [2.24, 2.45) is 0 Å². The number of carboxylic acids is 1. The van der Waals surface area contributed by atoms with Gasteiger partial charge in [0.05, 0.1) is 18.6 Å². The van der Waals surface area contributed by atoms with Crippen LogP contribution in [0.3, 0.4) is 0 Å². The van der Waals surface area contributed by atoms with E-state index in [0.29, 0.717) is 6.41 Å². The first-order valence-electron chi connectivity index (χ1n) is 6.34. The van der Waals surface area contributed by atoms with E-state index >= 15 is 0 Å². The van der Waals surface area contributed by atoms with Crippen molar-refractivity contribution < 1.29 is 19.5 Å². The number of H-pyrrole nitrogens is 1. The number of aromatic nitrogens is 1. The second-order valence-electron chi connectivity index (χ2n) is 4.50. The minimum absolute atomic E-state index is 0. The van der Waals surface area contributed by atoms with Crippen LogP contribution >= 0.6 is 0 Å². The molecular weight excluding hydrogens is 314 g/mol. The molecule has 7 nitrogen and oxygen atoms in total. The van der Waals surface area contributed by atoms with Crippen LogP contribution in [-0.4, -0.2) is 73.6 Å². The molecule has 0 fully saturated rings. The second-order valence-corrected chi connectivity index (χ2v) is 4.50. The fraction of sp³-hybridized carbons (Fsp3) is 0.214. The molecule has 1 aromatic heterocycles. The molecule has 1 atom stereocenters. The Hall–Kier alpha value is -1.57. The van der Waals surface area contributed by atoms with Gasteiger partial charge in [0.2, 0.25) is 12.3 Å². The predicted octanol–water partition coefficient (Wildman–Crippen LogP) is -1.69. The van der Waals surface area contributed by atoms with Gasteiger partial charge in [0.25, 0.3) is 0 Å². The van der Waals surface area contributed by atoms with Gasteiger partial charge < -0.3 is 25.5 Å². The summed E-state index contributed by atoms with van der Waals surface area (Å²) < 4.78 is 0. The average Bonchev–Trinajstić information content (AvgIpc) is 2.87. The van der Waals surface area contributed by atoms with Crippen molar-refractivity contribution in [2.45, 2.75) is 12.5 Å². The molecule has 0 spiro atoms. The third-order valence-electron chi connectivity index (χ3n) is 3.06. The minimum Gasteiger partial charge on any atom is -0.548 e. The first kappa shape index (κ1) is 18.5. The third kappa shape index (κ3) is 4.72. The van der Waals surface area contributed by atoms with Gasteiger partial charge in [-0.15, -0.1) is 0 Å². The van der Waals surface area contributed by atoms with Gasteiger partial charge in [-0.1, -0.05) is 18.2 Å². The molecule has 0 saturated heterocycles. The van der Waals surface area contributed by atoms with Crippen LogP contribution in [0.25, 0.3) is 10.9 Å². The monoisotopic (exact) mass is 328 g/mol. The number of hydrogen-bond donors (Lipinski definition) is 3. The van der Waals surface area contributed by atoms with Crippen molar-refractivity contribution in [1.82, 2.24) is 15.6 Å². The van der Waals surface area contributed by atoms with Gasteiger partial charge in [-0.05, 0) is 11.6 Å². The molecule has 2 rings (SSSR count). The average molecular weight is 328 g/mol. The topological polar surface area (TPSA) is 114 Å². The summed E-state index contributed by atoms with van der Waals surface area (Å²) in [4.78, 5) is 35.8. The maximum Gasteiger partial charge on any atom is 2.00 e. The van der Waals surface area contributed by atoms with Crippen LogP contribution in [0.15, 0.2) is 30.5 Å². The summed E-state index contributed by atoms with van der Waals surface area (Å²) in [6.07, 6.45) is 2.17. The summed E-state index contributed by atoms with van der Waals surface area (Å²) in [5, 5.41) is 16.5. The van der Waals surface area contributed by atoms with Crippen LogP contribution in [0, 0.1) is 0 Å². The van der Waals surface area contributed by atoms with Crippen molar-refractivity contribution in [3.8, 4) is 0 Å². The van der Waals surface area contributed by atoms with E-state index in [9.17, 15) is 19.5 Å². The molecule has 0 unspecified atom stereocenters. The van der Waals surface area contributed by atoms with Crippen molar-refractivity contribution >= 4 is 66.9 Å². The molecule has 0 aliphatic rings. The zero-order chi connectivity index (χ0) is 15.2. The van der Waals surface area contributed by atoms with Crippen molar-refractivity contribution in [1.29, 1.82) is 0 Å². The zero-order valence-electron chi connectivity index (χ0n) is 11.8.